The van der Waals surface area contributed by atoms with Gasteiger partial charge in [0.05, 0.1) is 12.2 Å². The molecular weight excluding hydrogens is 358 g/mol. The van der Waals surface area contributed by atoms with E-state index in [1.807, 2.05) is 0 Å². The second-order valence-electron chi connectivity index (χ2n) is 6.17. The largest absolute Gasteiger partial charge is 0.477 e. The Hall–Kier alpha value is -2.55. The fraction of sp³-hybridized carbons (Fsp3) is 0.412. The molecule has 9 heteroatoms. The predicted octanol–water partition coefficient (Wildman–Crippen LogP) is 2.55. The summed E-state index contributed by atoms with van der Waals surface area (Å²) >= 11 is 1.31. The van der Waals surface area contributed by atoms with Crippen LogP contribution < -0.4 is 10.6 Å². The number of hydrogen-bond donors (Lipinski definition) is 3. The summed E-state index contributed by atoms with van der Waals surface area (Å²) in [6.45, 7) is 6.83. The molecule has 2 amide bonds. The van der Waals surface area contributed by atoms with Gasteiger partial charge in [-0.05, 0) is 46.1 Å². The molecule has 0 aliphatic heterocycles. The van der Waals surface area contributed by atoms with Crippen LogP contribution in [0.5, 0.6) is 0 Å². The van der Waals surface area contributed by atoms with Crippen molar-refractivity contribution in [2.45, 2.75) is 44.7 Å². The number of amides is 2. The highest BCUT2D eigenvalue weighted by atomic mass is 32.2. The zero-order chi connectivity index (χ0) is 19.9. The highest BCUT2D eigenvalue weighted by molar-refractivity contribution is 7.98. The molecule has 0 aromatic carbocycles. The van der Waals surface area contributed by atoms with Crippen LogP contribution in [0.3, 0.4) is 0 Å². The van der Waals surface area contributed by atoms with Crippen LogP contribution in [0.15, 0.2) is 28.8 Å². The van der Waals surface area contributed by atoms with Crippen molar-refractivity contribution in [3.63, 3.8) is 0 Å². The van der Waals surface area contributed by atoms with E-state index in [0.29, 0.717) is 10.6 Å². The van der Waals surface area contributed by atoms with Crippen molar-refractivity contribution < 1.29 is 24.2 Å². The molecule has 0 bridgehead atoms. The van der Waals surface area contributed by atoms with Crippen molar-refractivity contribution in [2.75, 3.05) is 6.26 Å². The van der Waals surface area contributed by atoms with Gasteiger partial charge in [-0.25, -0.2) is 14.6 Å². The van der Waals surface area contributed by atoms with Crippen LogP contribution >= 0.6 is 11.8 Å². The minimum atomic E-state index is -1.24. The first-order chi connectivity index (χ1) is 12.1. The number of thioether (sulfide) groups is 1. The number of aromatic nitrogens is 1. The van der Waals surface area contributed by atoms with Crippen LogP contribution in [0.25, 0.3) is 0 Å². The number of carboxylic acids is 1. The second kappa shape index (κ2) is 9.23. The van der Waals surface area contributed by atoms with Gasteiger partial charge in [0.15, 0.2) is 0 Å². The average Bonchev–Trinajstić information content (AvgIpc) is 2.55. The van der Waals surface area contributed by atoms with E-state index in [4.69, 9.17) is 9.84 Å². The Labute approximate surface area is 156 Å². The highest BCUT2D eigenvalue weighted by Crippen LogP contribution is 2.19. The third kappa shape index (κ3) is 6.75. The molecule has 0 atom stereocenters. The molecule has 0 fully saturated rings. The number of pyridine rings is 1. The number of alkyl carbamates (subject to hydrolysis) is 1. The normalized spacial score (nSPS) is 11.7. The van der Waals surface area contributed by atoms with Gasteiger partial charge in [-0.2, -0.15) is 0 Å². The number of carboxylic acid groups (broad SMARTS) is 1. The lowest BCUT2D eigenvalue weighted by Gasteiger charge is -2.19. The summed E-state index contributed by atoms with van der Waals surface area (Å²) in [5.41, 5.74) is -0.329. The van der Waals surface area contributed by atoms with Crippen LogP contribution in [0, 0.1) is 0 Å². The Morgan fingerprint density at radius 2 is 1.96 bits per heavy atom. The molecule has 0 aliphatic rings. The molecule has 142 valence electrons. The van der Waals surface area contributed by atoms with Crippen molar-refractivity contribution in [3.05, 3.63) is 35.3 Å². The molecule has 0 spiro atoms. The van der Waals surface area contributed by atoms with Gasteiger partial charge in [0, 0.05) is 4.90 Å². The number of ether oxygens (including phenoxy) is 1. The summed E-state index contributed by atoms with van der Waals surface area (Å²) in [4.78, 5) is 40.0. The van der Waals surface area contributed by atoms with Gasteiger partial charge < -0.3 is 20.5 Å². The number of rotatable bonds is 6. The van der Waals surface area contributed by atoms with Crippen molar-refractivity contribution in [1.82, 2.24) is 15.6 Å². The maximum absolute atomic E-state index is 12.4. The fourth-order valence-corrected chi connectivity index (χ4v) is 2.36. The molecular formula is C17H23N3O5S. The molecule has 1 aromatic heterocycles. The Morgan fingerprint density at radius 3 is 2.46 bits per heavy atom. The van der Waals surface area contributed by atoms with Crippen molar-refractivity contribution in [2.24, 2.45) is 0 Å². The number of carbonyl (C=O) groups excluding carboxylic acids is 2. The molecule has 0 aliphatic carbocycles. The van der Waals surface area contributed by atoms with Crippen LogP contribution in [-0.2, 0) is 16.1 Å². The van der Waals surface area contributed by atoms with Gasteiger partial charge >= 0.3 is 12.1 Å². The lowest BCUT2D eigenvalue weighted by molar-refractivity contribution is -0.133. The summed E-state index contributed by atoms with van der Waals surface area (Å²) in [5.74, 6) is -1.88. The second-order valence-corrected chi connectivity index (χ2v) is 7.02. The number of carbonyl (C=O) groups is 3. The number of allylic oxidation sites excluding steroid dienone is 1. The molecule has 26 heavy (non-hydrogen) atoms. The van der Waals surface area contributed by atoms with E-state index in [-0.39, 0.29) is 17.9 Å². The molecule has 0 unspecified atom stereocenters. The van der Waals surface area contributed by atoms with Crippen molar-refractivity contribution >= 4 is 29.7 Å². The van der Waals surface area contributed by atoms with Gasteiger partial charge in [0.1, 0.15) is 17.0 Å². The Morgan fingerprint density at radius 1 is 1.31 bits per heavy atom. The quantitative estimate of drug-likeness (QED) is 0.512. The molecule has 0 saturated heterocycles. The molecule has 8 nitrogen and oxygen atoms in total. The van der Waals surface area contributed by atoms with E-state index < -0.39 is 23.6 Å². The first kappa shape index (κ1) is 21.5. The van der Waals surface area contributed by atoms with Crippen LogP contribution in [-0.4, -0.2) is 39.9 Å². The summed E-state index contributed by atoms with van der Waals surface area (Å²) in [7, 11) is 0. The number of nitrogens with one attached hydrogen (secondary N) is 2. The summed E-state index contributed by atoms with van der Waals surface area (Å²) in [6.07, 6.45) is 2.47. The molecule has 1 rings (SSSR count). The fourth-order valence-electron chi connectivity index (χ4n) is 1.82. The van der Waals surface area contributed by atoms with E-state index in [1.54, 1.807) is 39.2 Å². The number of nitrogens with zero attached hydrogens (tertiary/aromatic N) is 1. The van der Waals surface area contributed by atoms with Gasteiger partial charge in [0.25, 0.3) is 5.91 Å². The molecule has 1 heterocycles. The van der Waals surface area contributed by atoms with E-state index in [2.05, 4.69) is 15.6 Å². The highest BCUT2D eigenvalue weighted by Gasteiger charge is 2.19. The third-order valence-electron chi connectivity index (χ3n) is 2.93. The first-order valence-corrected chi connectivity index (χ1v) is 9.01. The zero-order valence-corrected chi connectivity index (χ0v) is 16.2. The lowest BCUT2D eigenvalue weighted by Crippen LogP contribution is -2.32. The third-order valence-corrected chi connectivity index (χ3v) is 3.70. The smallest absolute Gasteiger partial charge is 0.407 e. The summed E-state index contributed by atoms with van der Waals surface area (Å²) < 4.78 is 5.14. The van der Waals surface area contributed by atoms with E-state index in [1.165, 1.54) is 24.8 Å². The van der Waals surface area contributed by atoms with E-state index >= 15 is 0 Å². The maximum atomic E-state index is 12.4. The molecule has 1 aromatic rings. The van der Waals surface area contributed by atoms with Gasteiger partial charge in [-0.15, -0.1) is 11.8 Å². The van der Waals surface area contributed by atoms with Crippen LogP contribution in [0.4, 0.5) is 4.79 Å². The minimum absolute atomic E-state index is 0.0687. The molecule has 3 N–H and O–H groups in total. The first-order valence-electron chi connectivity index (χ1n) is 7.79. The minimum Gasteiger partial charge on any atom is -0.477 e. The molecule has 0 saturated carbocycles. The standard InChI is InChI=1S/C17H23N3O5S/c1-6-11(15(22)23)20-14(21)13-12(26-5)8-7-10(19-13)9-18-16(24)25-17(2,3)4/h6-8H,9H2,1-5H3,(H,18,24)(H,20,21)(H,22,23)/b11-6+. The van der Waals surface area contributed by atoms with Gasteiger partial charge in [-0.1, -0.05) is 6.08 Å². The van der Waals surface area contributed by atoms with Crippen LogP contribution in [0.2, 0.25) is 0 Å². The Bertz CT molecular complexity index is 726. The lowest BCUT2D eigenvalue weighted by atomic mass is 10.2. The monoisotopic (exact) mass is 381 g/mol. The number of hydrogen-bond acceptors (Lipinski definition) is 6. The SMILES string of the molecule is C/C=C(/NC(=O)c1nc(CNC(=O)OC(C)(C)C)ccc1SC)C(=O)O. The van der Waals surface area contributed by atoms with Gasteiger partial charge in [0.2, 0.25) is 0 Å². The van der Waals surface area contributed by atoms with Gasteiger partial charge in [-0.3, -0.25) is 4.79 Å². The Balaban J connectivity index is 2.93. The predicted molar refractivity (Wildman–Crippen MR) is 98.0 cm³/mol. The van der Waals surface area contributed by atoms with E-state index in [9.17, 15) is 14.4 Å². The van der Waals surface area contributed by atoms with Crippen LogP contribution in [0.1, 0.15) is 43.9 Å². The average molecular weight is 381 g/mol. The van der Waals surface area contributed by atoms with E-state index in [0.717, 1.165) is 0 Å². The summed E-state index contributed by atoms with van der Waals surface area (Å²) in [6, 6.07) is 3.36. The summed E-state index contributed by atoms with van der Waals surface area (Å²) in [5, 5.41) is 13.9. The molecule has 0 radical (unpaired) electrons. The van der Waals surface area contributed by atoms with Crippen molar-refractivity contribution in [3.8, 4) is 0 Å². The topological polar surface area (TPSA) is 118 Å². The Kier molecular flexibility index (Phi) is 7.63. The zero-order valence-electron chi connectivity index (χ0n) is 15.4. The number of aliphatic carboxylic acids is 1. The maximum Gasteiger partial charge on any atom is 0.407 e. The van der Waals surface area contributed by atoms with Crippen molar-refractivity contribution in [1.29, 1.82) is 0 Å².